The molecule has 124 valence electrons. The normalized spacial score (nSPS) is 15.9. The Bertz CT molecular complexity index is 811. The number of hydrogen-bond donors (Lipinski definition) is 1. The van der Waals surface area contributed by atoms with Crippen LogP contribution in [-0.4, -0.2) is 17.6 Å². The Morgan fingerprint density at radius 2 is 2.04 bits per heavy atom. The molecule has 1 saturated heterocycles. The van der Waals surface area contributed by atoms with Crippen LogP contribution in [0.5, 0.6) is 5.75 Å². The van der Waals surface area contributed by atoms with Crippen molar-refractivity contribution in [2.45, 2.75) is 20.3 Å². The van der Waals surface area contributed by atoms with E-state index in [1.807, 2.05) is 43.3 Å². The van der Waals surface area contributed by atoms with Gasteiger partial charge in [0.1, 0.15) is 11.4 Å². The number of nitrogens with zero attached hydrogens (tertiary/aromatic N) is 1. The summed E-state index contributed by atoms with van der Waals surface area (Å²) in [6.45, 7) is 4.55. The summed E-state index contributed by atoms with van der Waals surface area (Å²) >= 11 is 7.04. The Balaban J connectivity index is 1.92. The third kappa shape index (κ3) is 3.20. The van der Waals surface area contributed by atoms with Crippen molar-refractivity contribution in [1.29, 1.82) is 0 Å². The molecular weight excluding hydrogens is 340 g/mol. The van der Waals surface area contributed by atoms with Crippen LogP contribution < -0.4 is 15.0 Å². The van der Waals surface area contributed by atoms with Crippen LogP contribution in [0.2, 0.25) is 0 Å². The fraction of sp³-hybridized carbons (Fsp3) is 0.222. The third-order valence-electron chi connectivity index (χ3n) is 3.60. The predicted octanol–water partition coefficient (Wildman–Crippen LogP) is 3.97. The Kier molecular flexibility index (Phi) is 4.97. The molecule has 1 aromatic carbocycles. The fourth-order valence-electron chi connectivity index (χ4n) is 2.48. The van der Waals surface area contributed by atoms with Gasteiger partial charge in [0.05, 0.1) is 12.3 Å². The fourth-order valence-corrected chi connectivity index (χ4v) is 3.66. The molecule has 1 aliphatic heterocycles. The second-order valence-corrected chi connectivity index (χ2v) is 6.77. The van der Waals surface area contributed by atoms with Gasteiger partial charge >= 0.3 is 0 Å². The quantitative estimate of drug-likeness (QED) is 0.649. The highest BCUT2D eigenvalue weighted by Gasteiger charge is 2.33. The molecule has 0 spiro atoms. The number of benzene rings is 1. The van der Waals surface area contributed by atoms with Crippen LogP contribution in [-0.2, 0) is 11.2 Å². The van der Waals surface area contributed by atoms with Gasteiger partial charge in [0.2, 0.25) is 0 Å². The Hall–Kier alpha value is -2.18. The van der Waals surface area contributed by atoms with Gasteiger partial charge in [0.15, 0.2) is 5.11 Å². The lowest BCUT2D eigenvalue weighted by Gasteiger charge is -2.17. The predicted molar refractivity (Wildman–Crippen MR) is 103 cm³/mol. The molecule has 0 unspecified atom stereocenters. The summed E-state index contributed by atoms with van der Waals surface area (Å²) in [5.74, 6) is 0.474. The van der Waals surface area contributed by atoms with E-state index in [-0.39, 0.29) is 5.91 Å². The minimum Gasteiger partial charge on any atom is -0.492 e. The van der Waals surface area contributed by atoms with E-state index in [1.165, 1.54) is 9.78 Å². The van der Waals surface area contributed by atoms with E-state index < -0.39 is 0 Å². The Labute approximate surface area is 150 Å². The third-order valence-corrected chi connectivity index (χ3v) is 5.06. The smallest absolute Gasteiger partial charge is 0.281 e. The van der Waals surface area contributed by atoms with Crippen LogP contribution in [0.1, 0.15) is 23.6 Å². The summed E-state index contributed by atoms with van der Waals surface area (Å²) in [6, 6.07) is 11.5. The van der Waals surface area contributed by atoms with Gasteiger partial charge in [-0.15, -0.1) is 11.3 Å². The highest BCUT2D eigenvalue weighted by atomic mass is 32.1. The van der Waals surface area contributed by atoms with Gasteiger partial charge in [-0.25, -0.2) is 4.90 Å². The summed E-state index contributed by atoms with van der Waals surface area (Å²) in [4.78, 5) is 16.6. The minimum atomic E-state index is -0.168. The van der Waals surface area contributed by atoms with E-state index in [0.29, 0.717) is 28.9 Å². The maximum Gasteiger partial charge on any atom is 0.281 e. The maximum absolute atomic E-state index is 12.8. The van der Waals surface area contributed by atoms with E-state index in [2.05, 4.69) is 18.3 Å². The molecule has 0 bridgehead atoms. The van der Waals surface area contributed by atoms with E-state index in [9.17, 15) is 4.79 Å². The van der Waals surface area contributed by atoms with Crippen molar-refractivity contribution >= 4 is 46.3 Å². The molecule has 1 aromatic heterocycles. The molecule has 1 N–H and O–H groups in total. The molecule has 1 fully saturated rings. The number of ether oxygens (including phenoxy) is 1. The van der Waals surface area contributed by atoms with Crippen LogP contribution in [0.15, 0.2) is 42.1 Å². The molecule has 0 radical (unpaired) electrons. The van der Waals surface area contributed by atoms with Crippen LogP contribution >= 0.6 is 23.6 Å². The average Bonchev–Trinajstić information content (AvgIpc) is 3.14. The number of amides is 1. The number of anilines is 1. The van der Waals surface area contributed by atoms with Gasteiger partial charge in [-0.2, -0.15) is 0 Å². The molecule has 2 heterocycles. The molecular formula is C18H18N2O2S2. The Morgan fingerprint density at radius 1 is 1.25 bits per heavy atom. The molecule has 0 atom stereocenters. The van der Waals surface area contributed by atoms with Gasteiger partial charge < -0.3 is 10.1 Å². The van der Waals surface area contributed by atoms with Crippen LogP contribution in [0.25, 0.3) is 6.08 Å². The molecule has 24 heavy (non-hydrogen) atoms. The highest BCUT2D eigenvalue weighted by Crippen LogP contribution is 2.32. The summed E-state index contributed by atoms with van der Waals surface area (Å²) in [6.07, 6.45) is 2.84. The average molecular weight is 358 g/mol. The van der Waals surface area contributed by atoms with Crippen LogP contribution in [0, 0.1) is 0 Å². The second-order valence-electron chi connectivity index (χ2n) is 5.19. The standard InChI is InChI=1S/C18H18N2O2S2/c1-3-12-9-10-13(24-12)11-14-17(21)20(18(23)19-14)15-7-5-6-8-16(15)22-4-2/h5-11H,3-4H2,1-2H3,(H,19,23). The lowest BCUT2D eigenvalue weighted by Crippen LogP contribution is -2.30. The summed E-state index contributed by atoms with van der Waals surface area (Å²) in [7, 11) is 0. The molecule has 2 aromatic rings. The van der Waals surface area contributed by atoms with E-state index >= 15 is 0 Å². The molecule has 4 nitrogen and oxygen atoms in total. The molecule has 1 amide bonds. The van der Waals surface area contributed by atoms with Crippen molar-refractivity contribution in [3.05, 3.63) is 51.8 Å². The topological polar surface area (TPSA) is 41.6 Å². The monoisotopic (exact) mass is 358 g/mol. The number of thiocarbonyl (C=S) groups is 1. The number of hydrogen-bond acceptors (Lipinski definition) is 4. The maximum atomic E-state index is 12.8. The molecule has 6 heteroatoms. The molecule has 0 aliphatic carbocycles. The second kappa shape index (κ2) is 7.15. The minimum absolute atomic E-state index is 0.168. The van der Waals surface area contributed by atoms with E-state index in [4.69, 9.17) is 17.0 Å². The van der Waals surface area contributed by atoms with Gasteiger partial charge in [-0.1, -0.05) is 19.1 Å². The summed E-state index contributed by atoms with van der Waals surface area (Å²) in [5.41, 5.74) is 1.14. The highest BCUT2D eigenvalue weighted by molar-refractivity contribution is 7.80. The van der Waals surface area contributed by atoms with Crippen LogP contribution in [0.3, 0.4) is 0 Å². The molecule has 0 saturated carbocycles. The first-order chi connectivity index (χ1) is 11.6. The first kappa shape index (κ1) is 16.7. The number of aryl methyl sites for hydroxylation is 1. The zero-order chi connectivity index (χ0) is 17.1. The number of carbonyl (C=O) groups excluding carboxylic acids is 1. The SMILES string of the molecule is CCOc1ccccc1N1C(=O)C(=Cc2ccc(CC)s2)NC1=S. The van der Waals surface area contributed by atoms with E-state index in [0.717, 1.165) is 11.3 Å². The number of nitrogens with one attached hydrogen (secondary N) is 1. The van der Waals surface area contributed by atoms with Crippen molar-refractivity contribution < 1.29 is 9.53 Å². The van der Waals surface area contributed by atoms with Crippen molar-refractivity contribution in [2.75, 3.05) is 11.5 Å². The Morgan fingerprint density at radius 3 is 2.75 bits per heavy atom. The number of rotatable bonds is 5. The van der Waals surface area contributed by atoms with Gasteiger partial charge in [0.25, 0.3) is 5.91 Å². The summed E-state index contributed by atoms with van der Waals surface area (Å²) < 4.78 is 5.62. The lowest BCUT2D eigenvalue weighted by atomic mass is 10.2. The number of thiophene rings is 1. The lowest BCUT2D eigenvalue weighted by molar-refractivity contribution is -0.113. The molecule has 1 aliphatic rings. The zero-order valence-corrected chi connectivity index (χ0v) is 15.2. The van der Waals surface area contributed by atoms with Crippen LogP contribution in [0.4, 0.5) is 5.69 Å². The first-order valence-electron chi connectivity index (χ1n) is 7.81. The van der Waals surface area contributed by atoms with Gasteiger partial charge in [-0.3, -0.25) is 4.79 Å². The number of para-hydroxylation sites is 2. The van der Waals surface area contributed by atoms with E-state index in [1.54, 1.807) is 11.3 Å². The number of carbonyl (C=O) groups is 1. The zero-order valence-electron chi connectivity index (χ0n) is 13.5. The van der Waals surface area contributed by atoms with Gasteiger partial charge in [-0.05, 0) is 55.9 Å². The van der Waals surface area contributed by atoms with Crippen molar-refractivity contribution in [3.63, 3.8) is 0 Å². The first-order valence-corrected chi connectivity index (χ1v) is 9.04. The summed E-state index contributed by atoms with van der Waals surface area (Å²) in [5, 5.41) is 3.38. The van der Waals surface area contributed by atoms with Crippen molar-refractivity contribution in [1.82, 2.24) is 5.32 Å². The largest absolute Gasteiger partial charge is 0.492 e. The van der Waals surface area contributed by atoms with Crippen molar-refractivity contribution in [3.8, 4) is 5.75 Å². The van der Waals surface area contributed by atoms with Gasteiger partial charge in [0, 0.05) is 9.75 Å². The van der Waals surface area contributed by atoms with Crippen molar-refractivity contribution in [2.24, 2.45) is 0 Å². The molecule has 3 rings (SSSR count).